The normalized spacial score (nSPS) is 13.8. The van der Waals surface area contributed by atoms with Crippen molar-refractivity contribution >= 4 is 21.6 Å². The monoisotopic (exact) mass is 402 g/mol. The summed E-state index contributed by atoms with van der Waals surface area (Å²) in [5, 5.41) is 0.790. The lowest BCUT2D eigenvalue weighted by Crippen LogP contribution is -2.10. The zero-order chi connectivity index (χ0) is 19.6. The van der Waals surface area contributed by atoms with Crippen LogP contribution in [0.3, 0.4) is 0 Å². The molecule has 0 bridgehead atoms. The van der Waals surface area contributed by atoms with Gasteiger partial charge in [0.15, 0.2) is 0 Å². The summed E-state index contributed by atoms with van der Waals surface area (Å²) in [6, 6.07) is 17.8. The molecule has 2 heterocycles. The highest BCUT2D eigenvalue weighted by Gasteiger charge is 2.20. The number of rotatable bonds is 4. The molecule has 0 aliphatic heterocycles. The van der Waals surface area contributed by atoms with Crippen LogP contribution in [0.4, 0.5) is 0 Å². The van der Waals surface area contributed by atoms with Crippen molar-refractivity contribution in [3.05, 3.63) is 81.0 Å². The van der Waals surface area contributed by atoms with Crippen molar-refractivity contribution in [2.75, 3.05) is 0 Å². The predicted octanol–water partition coefficient (Wildman–Crippen LogP) is 5.50. The van der Waals surface area contributed by atoms with Crippen molar-refractivity contribution in [1.82, 2.24) is 9.97 Å². The quantitative estimate of drug-likeness (QED) is 0.459. The molecule has 29 heavy (non-hydrogen) atoms. The van der Waals surface area contributed by atoms with E-state index in [9.17, 15) is 4.79 Å². The van der Waals surface area contributed by atoms with E-state index in [4.69, 9.17) is 9.72 Å². The summed E-state index contributed by atoms with van der Waals surface area (Å²) >= 11 is 1.68. The van der Waals surface area contributed by atoms with Crippen LogP contribution in [-0.2, 0) is 19.4 Å². The maximum Gasteiger partial charge on any atom is 0.260 e. The van der Waals surface area contributed by atoms with Gasteiger partial charge in [-0.25, -0.2) is 4.98 Å². The number of thiophene rings is 1. The number of benzene rings is 2. The van der Waals surface area contributed by atoms with E-state index < -0.39 is 0 Å². The van der Waals surface area contributed by atoms with Crippen LogP contribution >= 0.6 is 11.3 Å². The van der Waals surface area contributed by atoms with Crippen LogP contribution in [0.1, 0.15) is 35.3 Å². The molecule has 0 fully saturated rings. The SMILES string of the molecule is O=c1[nH]c(-c2ccccc2OCc2ccccc2)nc2sc3c(c12)CCCCC3. The highest BCUT2D eigenvalue weighted by molar-refractivity contribution is 7.18. The first-order chi connectivity index (χ1) is 14.3. The van der Waals surface area contributed by atoms with Crippen molar-refractivity contribution in [3.8, 4) is 17.1 Å². The zero-order valence-corrected chi connectivity index (χ0v) is 16.9. The average Bonchev–Trinajstić information content (AvgIpc) is 2.95. The molecule has 146 valence electrons. The van der Waals surface area contributed by atoms with E-state index >= 15 is 0 Å². The number of aromatic amines is 1. The second-order valence-electron chi connectivity index (χ2n) is 7.43. The molecular formula is C24H22N2O2S. The summed E-state index contributed by atoms with van der Waals surface area (Å²) < 4.78 is 6.07. The number of aryl methyl sites for hydroxylation is 2. The van der Waals surface area contributed by atoms with Gasteiger partial charge in [-0.2, -0.15) is 0 Å². The minimum absolute atomic E-state index is 0.0396. The molecule has 1 aliphatic rings. The highest BCUT2D eigenvalue weighted by Crippen LogP contribution is 2.35. The molecule has 0 spiro atoms. The van der Waals surface area contributed by atoms with Gasteiger partial charge in [-0.3, -0.25) is 4.79 Å². The zero-order valence-electron chi connectivity index (χ0n) is 16.1. The highest BCUT2D eigenvalue weighted by atomic mass is 32.1. The number of nitrogens with zero attached hydrogens (tertiary/aromatic N) is 1. The second kappa shape index (κ2) is 7.84. The van der Waals surface area contributed by atoms with Gasteiger partial charge in [0.1, 0.15) is 23.0 Å². The molecule has 5 rings (SSSR count). The third-order valence-electron chi connectivity index (χ3n) is 5.45. The van der Waals surface area contributed by atoms with Gasteiger partial charge in [-0.1, -0.05) is 48.9 Å². The van der Waals surface area contributed by atoms with Crippen molar-refractivity contribution in [2.45, 2.75) is 38.7 Å². The third kappa shape index (κ3) is 3.58. The molecule has 1 N–H and O–H groups in total. The Morgan fingerprint density at radius 2 is 1.76 bits per heavy atom. The molecule has 0 saturated heterocycles. The van der Waals surface area contributed by atoms with E-state index in [0.717, 1.165) is 46.4 Å². The van der Waals surface area contributed by atoms with E-state index in [0.29, 0.717) is 12.4 Å². The van der Waals surface area contributed by atoms with Gasteiger partial charge < -0.3 is 9.72 Å². The number of fused-ring (bicyclic) bond motifs is 3. The molecule has 4 aromatic rings. The fraction of sp³-hybridized carbons (Fsp3) is 0.250. The maximum atomic E-state index is 13.0. The van der Waals surface area contributed by atoms with E-state index in [-0.39, 0.29) is 5.56 Å². The van der Waals surface area contributed by atoms with E-state index in [1.54, 1.807) is 11.3 Å². The molecular weight excluding hydrogens is 380 g/mol. The van der Waals surface area contributed by atoms with Gasteiger partial charge in [0.2, 0.25) is 0 Å². The lowest BCUT2D eigenvalue weighted by atomic mass is 10.1. The van der Waals surface area contributed by atoms with Gasteiger partial charge in [-0.15, -0.1) is 11.3 Å². The summed E-state index contributed by atoms with van der Waals surface area (Å²) in [5.41, 5.74) is 3.09. The Kier molecular flexibility index (Phi) is 4.90. The van der Waals surface area contributed by atoms with Crippen LogP contribution in [0.25, 0.3) is 21.6 Å². The molecule has 4 nitrogen and oxygen atoms in total. The molecule has 5 heteroatoms. The maximum absolute atomic E-state index is 13.0. The molecule has 0 unspecified atom stereocenters. The second-order valence-corrected chi connectivity index (χ2v) is 8.51. The lowest BCUT2D eigenvalue weighted by Gasteiger charge is -2.11. The molecule has 0 radical (unpaired) electrons. The minimum Gasteiger partial charge on any atom is -0.488 e. The van der Waals surface area contributed by atoms with Crippen molar-refractivity contribution < 1.29 is 4.74 Å². The number of aromatic nitrogens is 2. The number of nitrogens with one attached hydrogen (secondary N) is 1. The number of hydrogen-bond donors (Lipinski definition) is 1. The Morgan fingerprint density at radius 1 is 0.966 bits per heavy atom. The number of ether oxygens (including phenoxy) is 1. The Hall–Kier alpha value is -2.92. The van der Waals surface area contributed by atoms with Gasteiger partial charge in [0, 0.05) is 4.88 Å². The van der Waals surface area contributed by atoms with Crippen molar-refractivity contribution in [2.24, 2.45) is 0 Å². The smallest absolute Gasteiger partial charge is 0.260 e. The van der Waals surface area contributed by atoms with Crippen LogP contribution < -0.4 is 10.3 Å². The van der Waals surface area contributed by atoms with E-state index in [2.05, 4.69) is 4.98 Å². The molecule has 0 atom stereocenters. The molecule has 2 aromatic heterocycles. The first-order valence-corrected chi connectivity index (χ1v) is 10.9. The van der Waals surface area contributed by atoms with Crippen molar-refractivity contribution in [3.63, 3.8) is 0 Å². The topological polar surface area (TPSA) is 55.0 Å². The van der Waals surface area contributed by atoms with Crippen LogP contribution in [0.5, 0.6) is 5.75 Å². The molecule has 0 amide bonds. The number of para-hydroxylation sites is 1. The van der Waals surface area contributed by atoms with Crippen LogP contribution in [0.15, 0.2) is 59.4 Å². The molecule has 2 aromatic carbocycles. The summed E-state index contributed by atoms with van der Waals surface area (Å²) in [6.45, 7) is 0.470. The lowest BCUT2D eigenvalue weighted by molar-refractivity contribution is 0.307. The minimum atomic E-state index is -0.0396. The Bertz CT molecular complexity index is 1210. The summed E-state index contributed by atoms with van der Waals surface area (Å²) in [6.07, 6.45) is 5.62. The Labute approximate surface area is 173 Å². The average molecular weight is 403 g/mol. The standard InChI is InChI=1S/C24H22N2O2S/c27-23-21-18-12-5-2-6-14-20(18)29-24(21)26-22(25-23)17-11-7-8-13-19(17)28-15-16-9-3-1-4-10-16/h1,3-4,7-11,13H,2,5-6,12,14-15H2,(H,25,26,27). The largest absolute Gasteiger partial charge is 0.488 e. The van der Waals surface area contributed by atoms with E-state index in [1.165, 1.54) is 23.3 Å². The van der Waals surface area contributed by atoms with Gasteiger partial charge in [0.25, 0.3) is 5.56 Å². The fourth-order valence-corrected chi connectivity index (χ4v) is 5.25. The third-order valence-corrected chi connectivity index (χ3v) is 6.64. The number of H-pyrrole nitrogens is 1. The molecule has 1 aliphatic carbocycles. The summed E-state index contributed by atoms with van der Waals surface area (Å²) in [4.78, 5) is 23.0. The van der Waals surface area contributed by atoms with Gasteiger partial charge in [0.05, 0.1) is 10.9 Å². The van der Waals surface area contributed by atoms with Gasteiger partial charge >= 0.3 is 0 Å². The Morgan fingerprint density at radius 3 is 2.66 bits per heavy atom. The Balaban J connectivity index is 1.53. The predicted molar refractivity (Wildman–Crippen MR) is 118 cm³/mol. The van der Waals surface area contributed by atoms with Crippen LogP contribution in [-0.4, -0.2) is 9.97 Å². The molecule has 0 saturated carbocycles. The van der Waals surface area contributed by atoms with Crippen LogP contribution in [0, 0.1) is 0 Å². The van der Waals surface area contributed by atoms with Crippen molar-refractivity contribution in [1.29, 1.82) is 0 Å². The first-order valence-electron chi connectivity index (χ1n) is 10.1. The van der Waals surface area contributed by atoms with Crippen LogP contribution in [0.2, 0.25) is 0 Å². The van der Waals surface area contributed by atoms with Gasteiger partial charge in [-0.05, 0) is 48.9 Å². The summed E-state index contributed by atoms with van der Waals surface area (Å²) in [5.74, 6) is 1.29. The summed E-state index contributed by atoms with van der Waals surface area (Å²) in [7, 11) is 0. The fourth-order valence-electron chi connectivity index (χ4n) is 3.99. The number of hydrogen-bond acceptors (Lipinski definition) is 4. The van der Waals surface area contributed by atoms with E-state index in [1.807, 2.05) is 54.6 Å². The first kappa shape index (κ1) is 18.1.